The maximum Gasteiger partial charge on any atom is -0.0590 e. The molecule has 0 aliphatic carbocycles. The number of hydrogen-bond acceptors (Lipinski definition) is 0. The van der Waals surface area contributed by atoms with Gasteiger partial charge in [0, 0.05) is 0 Å². The van der Waals surface area contributed by atoms with E-state index in [9.17, 15) is 0 Å². The standard InChI is InChI=1S/7C3H8.7CH4/c7*1-3-2;;;;;;;/h7*3H2,1-2H3;7*1H4. The summed E-state index contributed by atoms with van der Waals surface area (Å²) in [6.45, 7) is 29.8. The summed E-state index contributed by atoms with van der Waals surface area (Å²) in [5, 5.41) is 0. The summed E-state index contributed by atoms with van der Waals surface area (Å²) in [6, 6.07) is 0. The van der Waals surface area contributed by atoms with E-state index in [4.69, 9.17) is 0 Å². The molecule has 0 aromatic rings. The van der Waals surface area contributed by atoms with Gasteiger partial charge >= 0.3 is 0 Å². The second-order valence-corrected chi connectivity index (χ2v) is 4.95. The van der Waals surface area contributed by atoms with E-state index in [0.717, 1.165) is 0 Å². The van der Waals surface area contributed by atoms with Crippen LogP contribution in [0, 0.1) is 0 Å². The molecule has 0 saturated carbocycles. The Hall–Kier alpha value is 0. The van der Waals surface area contributed by atoms with Crippen LogP contribution in [0.5, 0.6) is 0 Å². The predicted octanol–water partition coefficient (Wildman–Crippen LogP) is 14.4. The van der Waals surface area contributed by atoms with E-state index < -0.39 is 0 Å². The minimum Gasteiger partial charge on any atom is -0.0776 e. The molecule has 0 amide bonds. The van der Waals surface area contributed by atoms with Crippen LogP contribution in [0.25, 0.3) is 0 Å². The normalized spacial score (nSPS) is 4.50. The van der Waals surface area contributed by atoms with E-state index in [0.29, 0.717) is 0 Å². The molecule has 0 aliphatic heterocycles. The second kappa shape index (κ2) is 372. The monoisotopic (exact) mass is 421 g/mol. The lowest BCUT2D eigenvalue weighted by Crippen LogP contribution is -1.27. The molecule has 0 bridgehead atoms. The van der Waals surface area contributed by atoms with E-state index in [1.54, 1.807) is 0 Å². The van der Waals surface area contributed by atoms with Crippen LogP contribution in [-0.4, -0.2) is 0 Å². The Kier molecular flexibility index (Phi) is 1390. The second-order valence-electron chi connectivity index (χ2n) is 4.95. The molecular weight excluding hydrogens is 336 g/mol. The Morgan fingerprint density at radius 2 is 0.179 bits per heavy atom. The van der Waals surface area contributed by atoms with Crippen molar-refractivity contribution in [3.63, 3.8) is 0 Å². The van der Waals surface area contributed by atoms with E-state index in [1.165, 1.54) is 44.9 Å². The van der Waals surface area contributed by atoms with Crippen molar-refractivity contribution >= 4 is 0 Å². The third-order valence-corrected chi connectivity index (χ3v) is 0. The van der Waals surface area contributed by atoms with Crippen molar-refractivity contribution in [2.24, 2.45) is 0 Å². The molecule has 0 nitrogen and oxygen atoms in total. The van der Waals surface area contributed by atoms with Crippen molar-refractivity contribution in [1.82, 2.24) is 0 Å². The molecule has 0 aromatic carbocycles. The van der Waals surface area contributed by atoms with Crippen LogP contribution in [0.15, 0.2) is 0 Å². The quantitative estimate of drug-likeness (QED) is 0.365. The lowest BCUT2D eigenvalue weighted by Gasteiger charge is -1.48. The largest absolute Gasteiger partial charge is 0.0776 e. The molecule has 0 rings (SSSR count). The zero-order valence-electron chi connectivity index (χ0n) is 18.9. The van der Waals surface area contributed by atoms with Crippen molar-refractivity contribution in [3.05, 3.63) is 0 Å². The van der Waals surface area contributed by atoms with Gasteiger partial charge in [-0.2, -0.15) is 0 Å². The first-order chi connectivity index (χ1) is 9.90. The van der Waals surface area contributed by atoms with E-state index in [2.05, 4.69) is 96.9 Å². The summed E-state index contributed by atoms with van der Waals surface area (Å²) in [5.41, 5.74) is 0. The van der Waals surface area contributed by atoms with Gasteiger partial charge in [0.15, 0.2) is 0 Å². The molecular formula is C28H84. The zero-order valence-corrected chi connectivity index (χ0v) is 18.9. The van der Waals surface area contributed by atoms with Crippen molar-refractivity contribution in [2.45, 2.75) is 194 Å². The fraction of sp³-hybridized carbons (Fsp3) is 1.00. The summed E-state index contributed by atoms with van der Waals surface area (Å²) >= 11 is 0. The van der Waals surface area contributed by atoms with Crippen LogP contribution in [0.1, 0.15) is 194 Å². The third kappa shape index (κ3) is 0. The van der Waals surface area contributed by atoms with Crippen molar-refractivity contribution in [1.29, 1.82) is 0 Å². The van der Waals surface area contributed by atoms with Crippen molar-refractivity contribution in [3.8, 4) is 0 Å². The molecule has 0 heteroatoms. The lowest BCUT2D eigenvalue weighted by molar-refractivity contribution is 1.09. The molecule has 0 spiro atoms. The summed E-state index contributed by atoms with van der Waals surface area (Å²) in [7, 11) is 0. The summed E-state index contributed by atoms with van der Waals surface area (Å²) in [6.07, 6.45) is 8.75. The van der Waals surface area contributed by atoms with E-state index in [1.807, 2.05) is 0 Å². The van der Waals surface area contributed by atoms with Gasteiger partial charge < -0.3 is 0 Å². The summed E-state index contributed by atoms with van der Waals surface area (Å²) in [4.78, 5) is 0. The Labute approximate surface area is 194 Å². The summed E-state index contributed by atoms with van der Waals surface area (Å²) < 4.78 is 0. The molecule has 0 radical (unpaired) electrons. The first-order valence-electron chi connectivity index (χ1n) is 9.90. The smallest absolute Gasteiger partial charge is 0.0590 e. The first-order valence-corrected chi connectivity index (χ1v) is 9.90. The van der Waals surface area contributed by atoms with Gasteiger partial charge in [-0.15, -0.1) is 0 Å². The maximum absolute atomic E-state index is 2.12. The topological polar surface area (TPSA) is 0 Å². The van der Waals surface area contributed by atoms with Crippen LogP contribution in [0.2, 0.25) is 0 Å². The minimum absolute atomic E-state index is 0. The van der Waals surface area contributed by atoms with Gasteiger partial charge in [0.2, 0.25) is 0 Å². The number of hydrogen-bond donors (Lipinski definition) is 0. The molecule has 196 valence electrons. The Morgan fingerprint density at radius 3 is 0.179 bits per heavy atom. The molecule has 0 heterocycles. The highest BCUT2D eigenvalue weighted by Gasteiger charge is 1.37. The highest BCUT2D eigenvalue weighted by Crippen LogP contribution is 1.58. The highest BCUT2D eigenvalue weighted by atomic mass is 13.4. The van der Waals surface area contributed by atoms with Gasteiger partial charge in [-0.05, 0) is 0 Å². The van der Waals surface area contributed by atoms with Crippen LogP contribution >= 0.6 is 0 Å². The average Bonchev–Trinajstić information content (AvgIpc) is 2.35. The van der Waals surface area contributed by atoms with Gasteiger partial charge in [0.1, 0.15) is 0 Å². The molecule has 0 unspecified atom stereocenters. The Bertz CT molecular complexity index is 19.7. The fourth-order valence-electron chi connectivity index (χ4n) is 0. The molecule has 0 aliphatic rings. The minimum atomic E-state index is 0. The van der Waals surface area contributed by atoms with Gasteiger partial charge in [-0.1, -0.05) is 194 Å². The van der Waals surface area contributed by atoms with Crippen LogP contribution in [0.4, 0.5) is 0 Å². The van der Waals surface area contributed by atoms with Gasteiger partial charge in [0.05, 0.1) is 0 Å². The van der Waals surface area contributed by atoms with Gasteiger partial charge in [-0.3, -0.25) is 0 Å². The van der Waals surface area contributed by atoms with Crippen LogP contribution in [0.3, 0.4) is 0 Å². The van der Waals surface area contributed by atoms with E-state index in [-0.39, 0.29) is 52.0 Å². The van der Waals surface area contributed by atoms with Gasteiger partial charge in [-0.25, -0.2) is 0 Å². The zero-order chi connectivity index (χ0) is 18.9. The molecule has 0 saturated heterocycles. The van der Waals surface area contributed by atoms with Crippen molar-refractivity contribution < 1.29 is 0 Å². The molecule has 0 fully saturated rings. The SMILES string of the molecule is C.C.C.C.C.C.C.CCC.CCC.CCC.CCC.CCC.CCC.CCC. The molecule has 0 aromatic heterocycles. The van der Waals surface area contributed by atoms with E-state index >= 15 is 0 Å². The molecule has 0 N–H and O–H groups in total. The molecule has 28 heavy (non-hydrogen) atoms. The van der Waals surface area contributed by atoms with Crippen LogP contribution in [-0.2, 0) is 0 Å². The van der Waals surface area contributed by atoms with Gasteiger partial charge in [0.25, 0.3) is 0 Å². The van der Waals surface area contributed by atoms with Crippen molar-refractivity contribution in [2.75, 3.05) is 0 Å². The third-order valence-electron chi connectivity index (χ3n) is 0. The average molecular weight is 421 g/mol. The predicted molar refractivity (Wildman–Crippen MR) is 159 cm³/mol. The Morgan fingerprint density at radius 1 is 0.179 bits per heavy atom. The first kappa shape index (κ1) is 104. The summed E-state index contributed by atoms with van der Waals surface area (Å²) in [5.74, 6) is 0. The Balaban J connectivity index is -0.00000000653. The highest BCUT2D eigenvalue weighted by molar-refractivity contribution is 3.94. The van der Waals surface area contributed by atoms with Crippen LogP contribution < -0.4 is 0 Å². The maximum atomic E-state index is 2.12. The number of rotatable bonds is 0. The lowest BCUT2D eigenvalue weighted by atomic mass is 10.6. The fourth-order valence-corrected chi connectivity index (χ4v) is 0. The molecule has 0 atom stereocenters.